The van der Waals surface area contributed by atoms with E-state index in [0.29, 0.717) is 12.2 Å². The minimum absolute atomic E-state index is 0.00417. The Balaban J connectivity index is 1.87. The molecule has 3 rings (SSSR count). The van der Waals surface area contributed by atoms with Crippen LogP contribution in [0.25, 0.3) is 0 Å². The summed E-state index contributed by atoms with van der Waals surface area (Å²) in [4.78, 5) is 28.2. The first kappa shape index (κ1) is 27.9. The van der Waals surface area contributed by atoms with E-state index in [1.165, 1.54) is 0 Å². The van der Waals surface area contributed by atoms with Crippen molar-refractivity contribution in [1.82, 2.24) is 10.2 Å². The van der Waals surface area contributed by atoms with Crippen molar-refractivity contribution in [2.45, 2.75) is 45.2 Å². The predicted molar refractivity (Wildman–Crippen MR) is 151 cm³/mol. The second-order valence-corrected chi connectivity index (χ2v) is 11.4. The molecule has 0 aliphatic heterocycles. The smallest absolute Gasteiger partial charge is 0.261 e. The van der Waals surface area contributed by atoms with Gasteiger partial charge >= 0.3 is 0 Å². The van der Waals surface area contributed by atoms with Crippen LogP contribution >= 0.6 is 31.9 Å². The Morgan fingerprint density at radius 1 is 0.944 bits per heavy atom. The van der Waals surface area contributed by atoms with E-state index < -0.39 is 6.04 Å². The SMILES string of the molecule is CNC(=O)C(Cc1ccccc1)N(Cc1cccc(Br)c1)C(=O)COc1ccc(C(C)(C)C)cc1Br. The summed E-state index contributed by atoms with van der Waals surface area (Å²) < 4.78 is 7.64. The van der Waals surface area contributed by atoms with Crippen molar-refractivity contribution in [2.75, 3.05) is 13.7 Å². The first-order valence-electron chi connectivity index (χ1n) is 11.8. The molecule has 36 heavy (non-hydrogen) atoms. The Morgan fingerprint density at radius 2 is 1.64 bits per heavy atom. The molecule has 0 saturated carbocycles. The highest BCUT2D eigenvalue weighted by atomic mass is 79.9. The van der Waals surface area contributed by atoms with Gasteiger partial charge in [-0.3, -0.25) is 9.59 Å². The molecule has 5 nitrogen and oxygen atoms in total. The lowest BCUT2D eigenvalue weighted by Gasteiger charge is -2.31. The van der Waals surface area contributed by atoms with Crippen LogP contribution in [0.3, 0.4) is 0 Å². The van der Waals surface area contributed by atoms with E-state index in [1.807, 2.05) is 72.8 Å². The van der Waals surface area contributed by atoms with Gasteiger partial charge in [-0.2, -0.15) is 0 Å². The molecule has 0 radical (unpaired) electrons. The fraction of sp³-hybridized carbons (Fsp3) is 0.310. The highest BCUT2D eigenvalue weighted by Crippen LogP contribution is 2.31. The number of halogens is 2. The van der Waals surface area contributed by atoms with Crippen LogP contribution in [0.15, 0.2) is 81.7 Å². The van der Waals surface area contributed by atoms with Gasteiger partial charge in [0.15, 0.2) is 6.61 Å². The van der Waals surface area contributed by atoms with Gasteiger partial charge in [0.05, 0.1) is 4.47 Å². The lowest BCUT2D eigenvalue weighted by atomic mass is 9.87. The van der Waals surface area contributed by atoms with Crippen LogP contribution in [0.4, 0.5) is 0 Å². The zero-order chi connectivity index (χ0) is 26.3. The van der Waals surface area contributed by atoms with Crippen molar-refractivity contribution >= 4 is 43.7 Å². The number of benzene rings is 3. The van der Waals surface area contributed by atoms with E-state index in [4.69, 9.17) is 4.74 Å². The number of amides is 2. The number of hydrogen-bond donors (Lipinski definition) is 1. The monoisotopic (exact) mass is 614 g/mol. The van der Waals surface area contributed by atoms with E-state index in [-0.39, 0.29) is 30.4 Å². The molecular formula is C29H32Br2N2O3. The Hall–Kier alpha value is -2.64. The second-order valence-electron chi connectivity index (χ2n) is 9.66. The van der Waals surface area contributed by atoms with Crippen LogP contribution < -0.4 is 10.1 Å². The van der Waals surface area contributed by atoms with Crippen LogP contribution in [-0.2, 0) is 28.0 Å². The van der Waals surface area contributed by atoms with E-state index in [2.05, 4.69) is 57.9 Å². The molecule has 0 heterocycles. The van der Waals surface area contributed by atoms with Crippen LogP contribution in [0.5, 0.6) is 5.75 Å². The first-order valence-corrected chi connectivity index (χ1v) is 13.4. The van der Waals surface area contributed by atoms with Crippen molar-refractivity contribution in [3.8, 4) is 5.75 Å². The number of hydrogen-bond acceptors (Lipinski definition) is 3. The molecule has 0 spiro atoms. The molecule has 0 aliphatic rings. The number of nitrogens with zero attached hydrogens (tertiary/aromatic N) is 1. The number of nitrogens with one attached hydrogen (secondary N) is 1. The zero-order valence-electron chi connectivity index (χ0n) is 21.1. The number of likely N-dealkylation sites (N-methyl/N-ethyl adjacent to an activating group) is 1. The molecule has 1 atom stereocenters. The third kappa shape index (κ3) is 7.68. The summed E-state index contributed by atoms with van der Waals surface area (Å²) in [5.41, 5.74) is 3.04. The number of ether oxygens (including phenoxy) is 1. The number of carbonyl (C=O) groups is 2. The van der Waals surface area contributed by atoms with E-state index in [9.17, 15) is 9.59 Å². The largest absolute Gasteiger partial charge is 0.483 e. The first-order chi connectivity index (χ1) is 17.1. The number of rotatable bonds is 9. The molecule has 7 heteroatoms. The van der Waals surface area contributed by atoms with Gasteiger partial charge in [0.2, 0.25) is 5.91 Å². The average Bonchev–Trinajstić information content (AvgIpc) is 2.84. The van der Waals surface area contributed by atoms with Crippen LogP contribution in [0.1, 0.15) is 37.5 Å². The fourth-order valence-electron chi connectivity index (χ4n) is 3.86. The Morgan fingerprint density at radius 3 is 2.25 bits per heavy atom. The topological polar surface area (TPSA) is 58.6 Å². The van der Waals surface area contributed by atoms with Crippen LogP contribution in [0.2, 0.25) is 0 Å². The van der Waals surface area contributed by atoms with Crippen molar-refractivity contribution in [2.24, 2.45) is 0 Å². The summed E-state index contributed by atoms with van der Waals surface area (Å²) in [5, 5.41) is 2.73. The van der Waals surface area contributed by atoms with E-state index in [0.717, 1.165) is 25.6 Å². The molecule has 3 aromatic carbocycles. The molecule has 0 saturated heterocycles. The Bertz CT molecular complexity index is 1190. The quantitative estimate of drug-likeness (QED) is 0.308. The summed E-state index contributed by atoms with van der Waals surface area (Å²) >= 11 is 7.08. The van der Waals surface area contributed by atoms with Gasteiger partial charge in [0.1, 0.15) is 11.8 Å². The summed E-state index contributed by atoms with van der Waals surface area (Å²) in [5.74, 6) is 0.0857. The minimum Gasteiger partial charge on any atom is -0.483 e. The maximum Gasteiger partial charge on any atom is 0.261 e. The van der Waals surface area contributed by atoms with Crippen molar-refractivity contribution in [1.29, 1.82) is 0 Å². The maximum atomic E-state index is 13.6. The maximum absolute atomic E-state index is 13.6. The second kappa shape index (κ2) is 12.5. The molecule has 0 bridgehead atoms. The summed E-state index contributed by atoms with van der Waals surface area (Å²) in [6, 6.07) is 22.6. The average molecular weight is 616 g/mol. The normalized spacial score (nSPS) is 12.1. The molecule has 1 unspecified atom stereocenters. The van der Waals surface area contributed by atoms with Crippen molar-refractivity contribution in [3.05, 3.63) is 98.4 Å². The van der Waals surface area contributed by atoms with Gasteiger partial charge in [0.25, 0.3) is 5.91 Å². The highest BCUT2D eigenvalue weighted by molar-refractivity contribution is 9.10. The minimum atomic E-state index is -0.695. The summed E-state index contributed by atoms with van der Waals surface area (Å²) in [6.07, 6.45) is 0.393. The number of carbonyl (C=O) groups excluding carboxylic acids is 2. The third-order valence-corrected chi connectivity index (χ3v) is 7.02. The predicted octanol–water partition coefficient (Wildman–Crippen LogP) is 6.27. The fourth-order valence-corrected chi connectivity index (χ4v) is 4.80. The van der Waals surface area contributed by atoms with Gasteiger partial charge in [-0.1, -0.05) is 85.2 Å². The summed E-state index contributed by atoms with van der Waals surface area (Å²) in [7, 11) is 1.59. The molecule has 0 aliphatic carbocycles. The van der Waals surface area contributed by atoms with Gasteiger partial charge in [-0.15, -0.1) is 0 Å². The summed E-state index contributed by atoms with van der Waals surface area (Å²) in [6.45, 7) is 6.51. The van der Waals surface area contributed by atoms with Crippen molar-refractivity contribution in [3.63, 3.8) is 0 Å². The van der Waals surface area contributed by atoms with E-state index >= 15 is 0 Å². The lowest BCUT2D eigenvalue weighted by molar-refractivity contribution is -0.142. The van der Waals surface area contributed by atoms with Gasteiger partial charge in [-0.05, 0) is 62.3 Å². The van der Waals surface area contributed by atoms with Crippen molar-refractivity contribution < 1.29 is 14.3 Å². The van der Waals surface area contributed by atoms with Gasteiger partial charge < -0.3 is 15.0 Å². The van der Waals surface area contributed by atoms with Crippen LogP contribution in [0, 0.1) is 0 Å². The Labute approximate surface area is 230 Å². The molecule has 0 fully saturated rings. The highest BCUT2D eigenvalue weighted by Gasteiger charge is 2.30. The molecule has 3 aromatic rings. The molecular weight excluding hydrogens is 584 g/mol. The van der Waals surface area contributed by atoms with E-state index in [1.54, 1.807) is 11.9 Å². The molecule has 1 N–H and O–H groups in total. The molecule has 0 aromatic heterocycles. The Kier molecular flexibility index (Phi) is 9.74. The van der Waals surface area contributed by atoms with Gasteiger partial charge in [-0.25, -0.2) is 0 Å². The molecule has 190 valence electrons. The zero-order valence-corrected chi connectivity index (χ0v) is 24.2. The molecule has 2 amide bonds. The van der Waals surface area contributed by atoms with Crippen LogP contribution in [-0.4, -0.2) is 36.4 Å². The van der Waals surface area contributed by atoms with Gasteiger partial charge in [0, 0.05) is 24.5 Å². The third-order valence-electron chi connectivity index (χ3n) is 5.91. The standard InChI is InChI=1S/C29H32Br2N2O3/c1-29(2,3)22-13-14-26(24(31)17-22)36-19-27(34)33(18-21-11-8-12-23(30)15-21)25(28(35)32-4)16-20-9-6-5-7-10-20/h5-15,17,25H,16,18-19H2,1-4H3,(H,32,35). The lowest BCUT2D eigenvalue weighted by Crippen LogP contribution is -2.51.